The molecule has 0 fully saturated rings. The molecule has 0 spiro atoms. The van der Waals surface area contributed by atoms with Gasteiger partial charge in [0.25, 0.3) is 25.7 Å². The quantitative estimate of drug-likeness (QED) is 0.0822. The van der Waals surface area contributed by atoms with Gasteiger partial charge in [-0.05, 0) is 20.3 Å². The molecule has 13 nitrogen and oxygen atoms in total. The van der Waals surface area contributed by atoms with E-state index in [0.717, 1.165) is 14.0 Å². The Bertz CT molecular complexity index is 782. The summed E-state index contributed by atoms with van der Waals surface area (Å²) in [6, 6.07) is 0. The van der Waals surface area contributed by atoms with Crippen LogP contribution >= 0.6 is 0 Å². The van der Waals surface area contributed by atoms with Gasteiger partial charge >= 0.3 is 17.9 Å². The molecule has 0 aromatic heterocycles. The number of ether oxygens (including phenoxy) is 4. The maximum atomic E-state index is 12.6. The summed E-state index contributed by atoms with van der Waals surface area (Å²) in [6.45, 7) is 2.11. The van der Waals surface area contributed by atoms with Crippen LogP contribution in [0, 0.1) is 5.41 Å². The van der Waals surface area contributed by atoms with Crippen LogP contribution in [0.15, 0.2) is 0 Å². The number of methoxy groups -OCH3 is 1. The maximum absolute atomic E-state index is 12.6. The molecule has 1 N–H and O–H groups in total. The molecule has 0 heterocycles. The molecule has 0 aliphatic carbocycles. The number of rotatable bonds is 14. The Hall–Kier alpha value is -1.81. The highest BCUT2D eigenvalue weighted by Crippen LogP contribution is 2.31. The van der Waals surface area contributed by atoms with E-state index in [4.69, 9.17) is 27.7 Å². The summed E-state index contributed by atoms with van der Waals surface area (Å²) < 4.78 is 78.5. The van der Waals surface area contributed by atoms with Crippen molar-refractivity contribution in [1.29, 1.82) is 0 Å². The molecule has 0 aromatic rings. The van der Waals surface area contributed by atoms with Crippen molar-refractivity contribution in [1.82, 2.24) is 0 Å². The summed E-state index contributed by atoms with van der Waals surface area (Å²) in [4.78, 5) is 36.7. The van der Waals surface area contributed by atoms with Crippen molar-refractivity contribution in [3.8, 4) is 0 Å². The topological polar surface area (TPSA) is 186 Å². The van der Waals surface area contributed by atoms with Gasteiger partial charge in [0, 0.05) is 14.0 Å². The second-order valence-electron chi connectivity index (χ2n) is 5.75. The fourth-order valence-corrected chi connectivity index (χ4v) is 3.81. The minimum absolute atomic E-state index is 0.225. The van der Waals surface area contributed by atoms with Crippen LogP contribution in [-0.4, -0.2) is 84.0 Å². The van der Waals surface area contributed by atoms with E-state index in [1.807, 2.05) is 0 Å². The third kappa shape index (κ3) is 8.91. The number of hydrogen-bond acceptors (Lipinski definition) is 12. The van der Waals surface area contributed by atoms with Gasteiger partial charge in [0.05, 0.1) is 31.3 Å². The first-order chi connectivity index (χ1) is 13.8. The van der Waals surface area contributed by atoms with Gasteiger partial charge < -0.3 is 18.9 Å². The van der Waals surface area contributed by atoms with E-state index in [2.05, 4.69) is 0 Å². The van der Waals surface area contributed by atoms with Crippen LogP contribution in [0.5, 0.6) is 0 Å². The van der Waals surface area contributed by atoms with E-state index < -0.39 is 74.4 Å². The van der Waals surface area contributed by atoms with Crippen molar-refractivity contribution in [3.05, 3.63) is 0 Å². The van der Waals surface area contributed by atoms with Crippen LogP contribution in [0.2, 0.25) is 0 Å². The van der Waals surface area contributed by atoms with Crippen LogP contribution < -0.4 is 0 Å². The Balaban J connectivity index is 5.97. The third-order valence-corrected chi connectivity index (χ3v) is 5.50. The lowest BCUT2D eigenvalue weighted by Gasteiger charge is -2.33. The van der Waals surface area contributed by atoms with Crippen LogP contribution in [0.1, 0.15) is 27.2 Å². The van der Waals surface area contributed by atoms with E-state index in [0.29, 0.717) is 0 Å². The molecule has 0 aliphatic rings. The molecule has 30 heavy (non-hydrogen) atoms. The zero-order chi connectivity index (χ0) is 23.6. The highest BCUT2D eigenvalue weighted by Gasteiger charge is 2.59. The minimum atomic E-state index is -4.49. The van der Waals surface area contributed by atoms with Crippen molar-refractivity contribution in [2.75, 3.05) is 38.4 Å². The van der Waals surface area contributed by atoms with Crippen LogP contribution in [0.3, 0.4) is 0 Å². The summed E-state index contributed by atoms with van der Waals surface area (Å²) in [5.41, 5.74) is -2.65. The Morgan fingerprint density at radius 1 is 0.967 bits per heavy atom. The SMILES string of the molecule is CCOC(=O)C(COS(=O)(=O)CCCS(=O)(=O)O)(C(=O)OCC)C(OC)OC(C)=O. The predicted octanol–water partition coefficient (Wildman–Crippen LogP) is -0.741. The van der Waals surface area contributed by atoms with Gasteiger partial charge in [-0.25, -0.2) is 0 Å². The molecule has 0 aliphatic heterocycles. The molecule has 1 unspecified atom stereocenters. The second-order valence-corrected chi connectivity index (χ2v) is 9.08. The number of esters is 3. The fourth-order valence-electron chi connectivity index (χ4n) is 2.14. The van der Waals surface area contributed by atoms with Crippen molar-refractivity contribution >= 4 is 38.1 Å². The summed E-state index contributed by atoms with van der Waals surface area (Å²) in [5.74, 6) is -5.34. The minimum Gasteiger partial charge on any atom is -0.465 e. The van der Waals surface area contributed by atoms with Gasteiger partial charge in [-0.3, -0.25) is 23.1 Å². The lowest BCUT2D eigenvalue weighted by molar-refractivity contribution is -0.224. The van der Waals surface area contributed by atoms with E-state index in [1.54, 1.807) is 0 Å². The van der Waals surface area contributed by atoms with Crippen LogP contribution in [0.25, 0.3) is 0 Å². The molecule has 176 valence electrons. The standard InChI is InChI=1S/C15H26O13S2/c1-5-25-12(17)15(13(18)26-6-2,14(24-4)28-11(3)16)10-27-30(22,23)9-7-8-29(19,20)21/h14H,5-10H2,1-4H3,(H,19,20,21). The van der Waals surface area contributed by atoms with Crippen LogP contribution in [-0.2, 0) is 57.8 Å². The number of hydrogen-bond donors (Lipinski definition) is 1. The molecule has 0 saturated heterocycles. The maximum Gasteiger partial charge on any atom is 0.332 e. The molecule has 0 saturated carbocycles. The molecule has 15 heteroatoms. The molecule has 1 atom stereocenters. The monoisotopic (exact) mass is 478 g/mol. The summed E-state index contributed by atoms with van der Waals surface area (Å²) >= 11 is 0. The third-order valence-electron chi connectivity index (χ3n) is 3.43. The van der Waals surface area contributed by atoms with Gasteiger partial charge in [-0.1, -0.05) is 0 Å². The first-order valence-corrected chi connectivity index (χ1v) is 11.8. The lowest BCUT2D eigenvalue weighted by atomic mass is 9.88. The Labute approximate surface area is 174 Å². The van der Waals surface area contributed by atoms with E-state index >= 15 is 0 Å². The molecule has 0 bridgehead atoms. The van der Waals surface area contributed by atoms with Crippen LogP contribution in [0.4, 0.5) is 0 Å². The zero-order valence-corrected chi connectivity index (χ0v) is 18.6. The number of carbonyl (C=O) groups excluding carboxylic acids is 3. The molecule has 0 radical (unpaired) electrons. The molecule has 0 aromatic carbocycles. The summed E-state index contributed by atoms with van der Waals surface area (Å²) in [6.07, 6.45) is -2.48. The highest BCUT2D eigenvalue weighted by atomic mass is 32.2. The normalized spacial score (nSPS) is 13.4. The Morgan fingerprint density at radius 3 is 1.83 bits per heavy atom. The average molecular weight is 478 g/mol. The Kier molecular flexibility index (Phi) is 11.4. The number of carbonyl (C=O) groups is 3. The van der Waals surface area contributed by atoms with Crippen molar-refractivity contribution < 1.29 is 58.9 Å². The van der Waals surface area contributed by atoms with Gasteiger partial charge in [0.1, 0.15) is 0 Å². The Morgan fingerprint density at radius 2 is 1.47 bits per heavy atom. The van der Waals surface area contributed by atoms with Crippen molar-refractivity contribution in [2.24, 2.45) is 5.41 Å². The molecule has 0 rings (SSSR count). The second kappa shape index (κ2) is 12.1. The highest BCUT2D eigenvalue weighted by molar-refractivity contribution is 7.87. The smallest absolute Gasteiger partial charge is 0.332 e. The van der Waals surface area contributed by atoms with Gasteiger partial charge in [0.15, 0.2) is 0 Å². The zero-order valence-electron chi connectivity index (χ0n) is 17.0. The summed E-state index contributed by atoms with van der Waals surface area (Å²) in [5, 5.41) is 0. The predicted molar refractivity (Wildman–Crippen MR) is 99.0 cm³/mol. The lowest BCUT2D eigenvalue weighted by Crippen LogP contribution is -2.56. The van der Waals surface area contributed by atoms with E-state index in [-0.39, 0.29) is 13.2 Å². The van der Waals surface area contributed by atoms with E-state index in [9.17, 15) is 31.2 Å². The largest absolute Gasteiger partial charge is 0.465 e. The fraction of sp³-hybridized carbons (Fsp3) is 0.800. The molecular weight excluding hydrogens is 452 g/mol. The van der Waals surface area contributed by atoms with Gasteiger partial charge in [-0.15, -0.1) is 0 Å². The average Bonchev–Trinajstić information content (AvgIpc) is 2.59. The van der Waals surface area contributed by atoms with Gasteiger partial charge in [-0.2, -0.15) is 16.8 Å². The first-order valence-electron chi connectivity index (χ1n) is 8.62. The molecular formula is C15H26O13S2. The van der Waals surface area contributed by atoms with E-state index in [1.165, 1.54) is 13.8 Å². The van der Waals surface area contributed by atoms with Crippen molar-refractivity contribution in [2.45, 2.75) is 33.5 Å². The molecule has 0 amide bonds. The van der Waals surface area contributed by atoms with Crippen molar-refractivity contribution in [3.63, 3.8) is 0 Å². The van der Waals surface area contributed by atoms with Gasteiger partial charge in [0.2, 0.25) is 6.29 Å². The summed E-state index contributed by atoms with van der Waals surface area (Å²) in [7, 11) is -7.91. The first kappa shape index (κ1) is 28.2.